The van der Waals surface area contributed by atoms with E-state index in [9.17, 15) is 4.79 Å². The molecule has 2 aromatic heterocycles. The van der Waals surface area contributed by atoms with Crippen LogP contribution in [0.2, 0.25) is 0 Å². The summed E-state index contributed by atoms with van der Waals surface area (Å²) in [6, 6.07) is 8.04. The zero-order chi connectivity index (χ0) is 18.1. The topological polar surface area (TPSA) is 60.9 Å². The number of carbonyl (C=O) groups is 1. The average molecular weight is 367 g/mol. The van der Waals surface area contributed by atoms with Crippen LogP contribution in [-0.4, -0.2) is 26.3 Å². The van der Waals surface area contributed by atoms with Crippen LogP contribution in [0, 0.1) is 6.92 Å². The van der Waals surface area contributed by atoms with Crippen LogP contribution in [0.25, 0.3) is 11.4 Å². The van der Waals surface area contributed by atoms with E-state index >= 15 is 0 Å². The zero-order valence-electron chi connectivity index (χ0n) is 15.0. The average Bonchev–Trinajstić information content (AvgIpc) is 3.24. The highest BCUT2D eigenvalue weighted by Crippen LogP contribution is 2.27. The van der Waals surface area contributed by atoms with Gasteiger partial charge in [0.1, 0.15) is 5.76 Å². The van der Waals surface area contributed by atoms with Crippen LogP contribution in [0.1, 0.15) is 40.1 Å². The van der Waals surface area contributed by atoms with Crippen LogP contribution in [0.5, 0.6) is 0 Å². The molecule has 0 atom stereocenters. The number of thioether (sulfide) groups is 1. The van der Waals surface area contributed by atoms with Crippen molar-refractivity contribution in [2.75, 3.05) is 5.75 Å². The van der Waals surface area contributed by atoms with E-state index in [2.05, 4.69) is 22.3 Å². The third kappa shape index (κ3) is 3.21. The zero-order valence-corrected chi connectivity index (χ0v) is 15.8. The molecule has 0 fully saturated rings. The summed E-state index contributed by atoms with van der Waals surface area (Å²) in [7, 11) is 1.91. The van der Waals surface area contributed by atoms with E-state index < -0.39 is 0 Å². The summed E-state index contributed by atoms with van der Waals surface area (Å²) in [4.78, 5) is 12.6. The van der Waals surface area contributed by atoms with E-state index in [1.54, 1.807) is 6.26 Å². The number of benzene rings is 1. The molecule has 0 amide bonds. The SMILES string of the molecule is Cc1occc1-c1nnc(SCC(=O)c2ccc3c(c2)CCCC3)n1C. The highest BCUT2D eigenvalue weighted by molar-refractivity contribution is 7.99. The number of hydrogen-bond acceptors (Lipinski definition) is 5. The second kappa shape index (κ2) is 7.11. The smallest absolute Gasteiger partial charge is 0.191 e. The van der Waals surface area contributed by atoms with E-state index in [1.807, 2.05) is 30.7 Å². The van der Waals surface area contributed by atoms with Crippen LogP contribution < -0.4 is 0 Å². The molecule has 1 aromatic carbocycles. The van der Waals surface area contributed by atoms with Gasteiger partial charge in [-0.25, -0.2) is 0 Å². The Hall–Kier alpha value is -2.34. The van der Waals surface area contributed by atoms with Gasteiger partial charge in [-0.1, -0.05) is 23.9 Å². The molecule has 1 aliphatic rings. The molecule has 2 heterocycles. The van der Waals surface area contributed by atoms with Crippen LogP contribution in [0.3, 0.4) is 0 Å². The Kier molecular flexibility index (Phi) is 4.68. The Morgan fingerprint density at radius 2 is 2.00 bits per heavy atom. The maximum absolute atomic E-state index is 12.6. The molecule has 0 aliphatic heterocycles. The number of aromatic nitrogens is 3. The molecule has 134 valence electrons. The van der Waals surface area contributed by atoms with Crippen LogP contribution >= 0.6 is 11.8 Å². The Morgan fingerprint density at radius 3 is 2.77 bits per heavy atom. The fraction of sp³-hybridized carbons (Fsp3) is 0.350. The van der Waals surface area contributed by atoms with Crippen LogP contribution in [0.4, 0.5) is 0 Å². The predicted octanol–water partition coefficient (Wildman–Crippen LogP) is 4.24. The Balaban J connectivity index is 1.47. The van der Waals surface area contributed by atoms with E-state index in [0.29, 0.717) is 5.75 Å². The van der Waals surface area contributed by atoms with Crippen molar-refractivity contribution in [2.45, 2.75) is 37.8 Å². The summed E-state index contributed by atoms with van der Waals surface area (Å²) in [5.41, 5.74) is 4.46. The molecule has 0 N–H and O–H groups in total. The molecule has 0 spiro atoms. The molecule has 26 heavy (non-hydrogen) atoms. The number of nitrogens with zero attached hydrogens (tertiary/aromatic N) is 3. The van der Waals surface area contributed by atoms with Crippen LogP contribution in [-0.2, 0) is 19.9 Å². The first-order chi connectivity index (χ1) is 12.6. The lowest BCUT2D eigenvalue weighted by molar-refractivity contribution is 0.102. The molecule has 1 aliphatic carbocycles. The van der Waals surface area contributed by atoms with E-state index in [0.717, 1.165) is 40.7 Å². The third-order valence-corrected chi connectivity index (χ3v) is 5.96. The van der Waals surface area contributed by atoms with Crippen molar-refractivity contribution in [3.05, 3.63) is 53.0 Å². The summed E-state index contributed by atoms with van der Waals surface area (Å²) in [5.74, 6) is 2.05. The van der Waals surface area contributed by atoms with Crippen molar-refractivity contribution in [3.63, 3.8) is 0 Å². The van der Waals surface area contributed by atoms with Gasteiger partial charge >= 0.3 is 0 Å². The molecule has 0 saturated carbocycles. The Morgan fingerprint density at radius 1 is 1.19 bits per heavy atom. The summed E-state index contributed by atoms with van der Waals surface area (Å²) in [5, 5.41) is 9.21. The molecule has 5 nitrogen and oxygen atoms in total. The van der Waals surface area contributed by atoms with Crippen molar-refractivity contribution in [1.29, 1.82) is 0 Å². The van der Waals surface area contributed by atoms with Crippen molar-refractivity contribution >= 4 is 17.5 Å². The lowest BCUT2D eigenvalue weighted by Gasteiger charge is -2.16. The van der Waals surface area contributed by atoms with Gasteiger partial charge in [0.05, 0.1) is 17.6 Å². The second-order valence-corrected chi connectivity index (χ2v) is 7.60. The van der Waals surface area contributed by atoms with Gasteiger partial charge in [-0.2, -0.15) is 0 Å². The number of Topliss-reactive ketones (excluding diaryl/α,β-unsaturated/α-hetero) is 1. The first-order valence-electron chi connectivity index (χ1n) is 8.85. The molecular weight excluding hydrogens is 346 g/mol. The van der Waals surface area contributed by atoms with Gasteiger partial charge in [0.25, 0.3) is 0 Å². The first-order valence-corrected chi connectivity index (χ1v) is 9.83. The standard InChI is InChI=1S/C20H21N3O2S/c1-13-17(9-10-25-13)19-21-22-20(23(19)2)26-12-18(24)16-8-7-14-5-3-4-6-15(14)11-16/h7-11H,3-6,12H2,1-2H3. The lowest BCUT2D eigenvalue weighted by Crippen LogP contribution is -2.08. The van der Waals surface area contributed by atoms with Crippen molar-refractivity contribution in [1.82, 2.24) is 14.8 Å². The molecule has 0 radical (unpaired) electrons. The number of furan rings is 1. The Bertz CT molecular complexity index is 958. The Labute approximate surface area is 156 Å². The number of ketones is 1. The molecule has 6 heteroatoms. The summed E-state index contributed by atoms with van der Waals surface area (Å²) >= 11 is 1.42. The minimum absolute atomic E-state index is 0.132. The second-order valence-electron chi connectivity index (χ2n) is 6.66. The number of carbonyl (C=O) groups excluding carboxylic acids is 1. The fourth-order valence-electron chi connectivity index (χ4n) is 3.41. The number of hydrogen-bond donors (Lipinski definition) is 0. The van der Waals surface area contributed by atoms with Gasteiger partial charge in [0, 0.05) is 12.6 Å². The number of fused-ring (bicyclic) bond motifs is 1. The molecule has 4 rings (SSSR count). The maximum Gasteiger partial charge on any atom is 0.191 e. The predicted molar refractivity (Wildman–Crippen MR) is 102 cm³/mol. The van der Waals surface area contributed by atoms with Gasteiger partial charge in [0.2, 0.25) is 0 Å². The first kappa shape index (κ1) is 17.1. The maximum atomic E-state index is 12.6. The van der Waals surface area contributed by atoms with Crippen molar-refractivity contribution in [3.8, 4) is 11.4 Å². The van der Waals surface area contributed by atoms with Gasteiger partial charge in [0.15, 0.2) is 16.8 Å². The molecule has 0 bridgehead atoms. The summed E-state index contributed by atoms with van der Waals surface area (Å²) in [6.07, 6.45) is 6.33. The van der Waals surface area contributed by atoms with Gasteiger partial charge in [-0.05, 0) is 55.9 Å². The number of aryl methyl sites for hydroxylation is 3. The normalized spacial score (nSPS) is 13.6. The quantitative estimate of drug-likeness (QED) is 0.499. The molecule has 0 unspecified atom stereocenters. The van der Waals surface area contributed by atoms with Crippen molar-refractivity contribution < 1.29 is 9.21 Å². The van der Waals surface area contributed by atoms with E-state index in [-0.39, 0.29) is 5.78 Å². The summed E-state index contributed by atoms with van der Waals surface area (Å²) in [6.45, 7) is 1.90. The lowest BCUT2D eigenvalue weighted by atomic mass is 9.90. The highest BCUT2D eigenvalue weighted by Gasteiger charge is 2.17. The van der Waals surface area contributed by atoms with Crippen LogP contribution in [0.15, 0.2) is 40.1 Å². The monoisotopic (exact) mass is 367 g/mol. The van der Waals surface area contributed by atoms with Gasteiger partial charge in [-0.15, -0.1) is 10.2 Å². The third-order valence-electron chi connectivity index (χ3n) is 4.94. The molecule has 0 saturated heterocycles. The minimum atomic E-state index is 0.132. The highest BCUT2D eigenvalue weighted by atomic mass is 32.2. The molecule has 3 aromatic rings. The largest absolute Gasteiger partial charge is 0.469 e. The fourth-order valence-corrected chi connectivity index (χ4v) is 4.22. The van der Waals surface area contributed by atoms with Gasteiger partial charge < -0.3 is 8.98 Å². The molecular formula is C20H21N3O2S. The van der Waals surface area contributed by atoms with Gasteiger partial charge in [-0.3, -0.25) is 4.79 Å². The summed E-state index contributed by atoms with van der Waals surface area (Å²) < 4.78 is 7.25. The van der Waals surface area contributed by atoms with E-state index in [1.165, 1.54) is 35.7 Å². The van der Waals surface area contributed by atoms with E-state index in [4.69, 9.17) is 4.42 Å². The van der Waals surface area contributed by atoms with Crippen molar-refractivity contribution in [2.24, 2.45) is 7.05 Å². The minimum Gasteiger partial charge on any atom is -0.469 e. The number of rotatable bonds is 5.